The first-order valence-corrected chi connectivity index (χ1v) is 4.28. The van der Waals surface area contributed by atoms with Crippen LogP contribution in [0.4, 0.5) is 0 Å². The first-order chi connectivity index (χ1) is 6.61. The summed E-state index contributed by atoms with van der Waals surface area (Å²) in [6, 6.07) is -0.310. The third-order valence-corrected chi connectivity index (χ3v) is 2.33. The smallest absolute Gasteiger partial charge is 0.262 e. The largest absolute Gasteiger partial charge is 0.484 e. The SMILES string of the molecule is C=C1OCC2=NNC(=O)C(C)N2C1=C. The summed E-state index contributed by atoms with van der Waals surface area (Å²) in [6.07, 6.45) is 0. The van der Waals surface area contributed by atoms with E-state index in [0.29, 0.717) is 23.9 Å². The summed E-state index contributed by atoms with van der Waals surface area (Å²) in [5, 5.41) is 3.88. The molecule has 0 aromatic heterocycles. The van der Waals surface area contributed by atoms with Gasteiger partial charge in [-0.3, -0.25) is 4.79 Å². The summed E-state index contributed by atoms with van der Waals surface area (Å²) in [5.41, 5.74) is 3.02. The maximum atomic E-state index is 11.3. The lowest BCUT2D eigenvalue weighted by Crippen LogP contribution is -2.54. The molecule has 5 nitrogen and oxygen atoms in total. The van der Waals surface area contributed by atoms with E-state index in [1.807, 2.05) is 0 Å². The molecule has 0 aromatic rings. The Labute approximate surface area is 81.7 Å². The number of fused-ring (bicyclic) bond motifs is 1. The molecule has 2 heterocycles. The van der Waals surface area contributed by atoms with Crippen molar-refractivity contribution < 1.29 is 9.53 Å². The zero-order valence-electron chi connectivity index (χ0n) is 7.91. The van der Waals surface area contributed by atoms with E-state index in [9.17, 15) is 4.79 Å². The van der Waals surface area contributed by atoms with Gasteiger partial charge in [0.25, 0.3) is 5.91 Å². The van der Waals surface area contributed by atoms with Gasteiger partial charge >= 0.3 is 0 Å². The van der Waals surface area contributed by atoms with Gasteiger partial charge in [0.05, 0.1) is 5.70 Å². The van der Waals surface area contributed by atoms with Gasteiger partial charge in [0.15, 0.2) is 5.84 Å². The Morgan fingerprint density at radius 3 is 3.07 bits per heavy atom. The highest BCUT2D eigenvalue weighted by molar-refractivity contribution is 5.96. The predicted molar refractivity (Wildman–Crippen MR) is 51.1 cm³/mol. The normalized spacial score (nSPS) is 26.4. The van der Waals surface area contributed by atoms with Gasteiger partial charge in [0.1, 0.15) is 18.4 Å². The van der Waals surface area contributed by atoms with Gasteiger partial charge in [0.2, 0.25) is 0 Å². The molecule has 1 atom stereocenters. The molecule has 1 amide bonds. The molecule has 0 bridgehead atoms. The van der Waals surface area contributed by atoms with E-state index in [1.165, 1.54) is 0 Å². The molecule has 2 rings (SSSR count). The van der Waals surface area contributed by atoms with Crippen molar-refractivity contribution in [2.75, 3.05) is 6.61 Å². The molecular weight excluding hydrogens is 182 g/mol. The summed E-state index contributed by atoms with van der Waals surface area (Å²) < 4.78 is 5.23. The minimum atomic E-state index is -0.310. The summed E-state index contributed by atoms with van der Waals surface area (Å²) in [5.74, 6) is 1.00. The zero-order chi connectivity index (χ0) is 10.3. The third-order valence-electron chi connectivity index (χ3n) is 2.33. The number of hydrogen-bond acceptors (Lipinski definition) is 4. The molecule has 0 radical (unpaired) electrons. The number of nitrogens with zero attached hydrogens (tertiary/aromatic N) is 2. The Kier molecular flexibility index (Phi) is 1.80. The van der Waals surface area contributed by atoms with Crippen LogP contribution in [-0.2, 0) is 9.53 Å². The number of ether oxygens (including phenoxy) is 1. The topological polar surface area (TPSA) is 53.9 Å². The Bertz CT molecular complexity index is 359. The molecule has 1 N–H and O–H groups in total. The van der Waals surface area contributed by atoms with Crippen molar-refractivity contribution in [1.29, 1.82) is 0 Å². The van der Waals surface area contributed by atoms with Gasteiger partial charge in [-0.15, -0.1) is 0 Å². The van der Waals surface area contributed by atoms with Gasteiger partial charge in [-0.1, -0.05) is 13.2 Å². The number of morpholine rings is 1. The summed E-state index contributed by atoms with van der Waals surface area (Å²) in [7, 11) is 0. The highest BCUT2D eigenvalue weighted by Crippen LogP contribution is 2.23. The second-order valence-corrected chi connectivity index (χ2v) is 3.21. The first-order valence-electron chi connectivity index (χ1n) is 4.28. The second-order valence-electron chi connectivity index (χ2n) is 3.21. The van der Waals surface area contributed by atoms with Crippen LogP contribution in [0.3, 0.4) is 0 Å². The Hall–Kier alpha value is -1.78. The lowest BCUT2D eigenvalue weighted by atomic mass is 10.2. The highest BCUT2D eigenvalue weighted by Gasteiger charge is 2.34. The van der Waals surface area contributed by atoms with Crippen molar-refractivity contribution in [3.05, 3.63) is 24.6 Å². The standard InChI is InChI=1S/C9H11N3O2/c1-5-7(3)14-4-8-10-11-9(13)6(2)12(5)8/h6H,1,3-4H2,2H3,(H,11,13). The van der Waals surface area contributed by atoms with E-state index in [2.05, 4.69) is 23.7 Å². The van der Waals surface area contributed by atoms with Gasteiger partial charge in [-0.2, -0.15) is 5.10 Å². The Morgan fingerprint density at radius 1 is 1.64 bits per heavy atom. The van der Waals surface area contributed by atoms with Gasteiger partial charge in [0, 0.05) is 0 Å². The van der Waals surface area contributed by atoms with E-state index in [0.717, 1.165) is 0 Å². The fourth-order valence-electron chi connectivity index (χ4n) is 1.47. The Morgan fingerprint density at radius 2 is 2.36 bits per heavy atom. The number of carbonyl (C=O) groups is 1. The van der Waals surface area contributed by atoms with Crippen LogP contribution in [-0.4, -0.2) is 29.3 Å². The first kappa shape index (κ1) is 8.80. The van der Waals surface area contributed by atoms with Crippen LogP contribution in [0.2, 0.25) is 0 Å². The molecule has 74 valence electrons. The van der Waals surface area contributed by atoms with Crippen LogP contribution in [0.25, 0.3) is 0 Å². The molecule has 0 aliphatic carbocycles. The average Bonchev–Trinajstić information content (AvgIpc) is 2.17. The van der Waals surface area contributed by atoms with Crippen LogP contribution in [0.15, 0.2) is 29.7 Å². The van der Waals surface area contributed by atoms with Crippen LogP contribution >= 0.6 is 0 Å². The molecule has 5 heteroatoms. The number of amides is 1. The van der Waals surface area contributed by atoms with E-state index >= 15 is 0 Å². The van der Waals surface area contributed by atoms with E-state index in [1.54, 1.807) is 11.8 Å². The monoisotopic (exact) mass is 193 g/mol. The number of rotatable bonds is 0. The molecule has 0 spiro atoms. The van der Waals surface area contributed by atoms with Gasteiger partial charge in [-0.25, -0.2) is 5.43 Å². The van der Waals surface area contributed by atoms with Crippen LogP contribution in [0.1, 0.15) is 6.92 Å². The number of carbonyl (C=O) groups excluding carboxylic acids is 1. The number of hydrogen-bond donors (Lipinski definition) is 1. The van der Waals surface area contributed by atoms with Crippen LogP contribution in [0.5, 0.6) is 0 Å². The van der Waals surface area contributed by atoms with Crippen molar-refractivity contribution in [2.45, 2.75) is 13.0 Å². The van der Waals surface area contributed by atoms with E-state index in [-0.39, 0.29) is 11.9 Å². The molecule has 2 aliphatic heterocycles. The lowest BCUT2D eigenvalue weighted by molar-refractivity contribution is -0.125. The summed E-state index contributed by atoms with van der Waals surface area (Å²) in [6.45, 7) is 9.61. The minimum absolute atomic E-state index is 0.149. The maximum Gasteiger partial charge on any atom is 0.262 e. The van der Waals surface area contributed by atoms with Crippen molar-refractivity contribution >= 4 is 11.7 Å². The summed E-state index contributed by atoms with van der Waals surface area (Å²) in [4.78, 5) is 13.1. The molecular formula is C9H11N3O2. The maximum absolute atomic E-state index is 11.3. The highest BCUT2D eigenvalue weighted by atomic mass is 16.5. The van der Waals surface area contributed by atoms with E-state index in [4.69, 9.17) is 4.74 Å². The van der Waals surface area contributed by atoms with Crippen LogP contribution < -0.4 is 5.43 Å². The minimum Gasteiger partial charge on any atom is -0.484 e. The number of hydrazone groups is 1. The van der Waals surface area contributed by atoms with Gasteiger partial charge < -0.3 is 9.64 Å². The molecule has 2 aliphatic rings. The van der Waals surface area contributed by atoms with Crippen LogP contribution in [0, 0.1) is 0 Å². The van der Waals surface area contributed by atoms with Crippen molar-refractivity contribution in [1.82, 2.24) is 10.3 Å². The van der Waals surface area contributed by atoms with E-state index < -0.39 is 0 Å². The van der Waals surface area contributed by atoms with Crippen molar-refractivity contribution in [2.24, 2.45) is 5.10 Å². The molecule has 0 saturated carbocycles. The fourth-order valence-corrected chi connectivity index (χ4v) is 1.47. The average molecular weight is 193 g/mol. The number of amidine groups is 1. The zero-order valence-corrected chi connectivity index (χ0v) is 7.91. The number of nitrogens with one attached hydrogen (secondary N) is 1. The fraction of sp³-hybridized carbons (Fsp3) is 0.333. The van der Waals surface area contributed by atoms with Crippen molar-refractivity contribution in [3.63, 3.8) is 0 Å². The predicted octanol–water partition coefficient (Wildman–Crippen LogP) is 0.178. The summed E-state index contributed by atoms with van der Waals surface area (Å²) >= 11 is 0. The molecule has 1 unspecified atom stereocenters. The quantitative estimate of drug-likeness (QED) is 0.597. The molecule has 1 fully saturated rings. The lowest BCUT2D eigenvalue weighted by Gasteiger charge is -2.38. The van der Waals surface area contributed by atoms with Gasteiger partial charge in [-0.05, 0) is 6.92 Å². The second kappa shape index (κ2) is 2.87. The Balaban J connectivity index is 2.38. The van der Waals surface area contributed by atoms with Crippen molar-refractivity contribution in [3.8, 4) is 0 Å². The third kappa shape index (κ3) is 1.09. The molecule has 0 aromatic carbocycles. The molecule has 14 heavy (non-hydrogen) atoms. The molecule has 1 saturated heterocycles.